The maximum Gasteiger partial charge on any atom is 0.269 e. The molecule has 0 unspecified atom stereocenters. The normalized spacial score (nSPS) is 10.7. The van der Waals surface area contributed by atoms with E-state index in [0.717, 1.165) is 16.9 Å². The van der Waals surface area contributed by atoms with Gasteiger partial charge in [0.2, 0.25) is 5.91 Å². The summed E-state index contributed by atoms with van der Waals surface area (Å²) < 4.78 is 7.73. The van der Waals surface area contributed by atoms with Crippen molar-refractivity contribution in [2.24, 2.45) is 7.05 Å². The van der Waals surface area contributed by atoms with Gasteiger partial charge >= 0.3 is 0 Å². The number of anilines is 1. The third-order valence-corrected chi connectivity index (χ3v) is 5.73. The summed E-state index contributed by atoms with van der Waals surface area (Å²) in [4.78, 5) is 22.7. The van der Waals surface area contributed by atoms with Crippen LogP contribution in [0, 0.1) is 30.9 Å². The molecule has 31 heavy (non-hydrogen) atoms. The van der Waals surface area contributed by atoms with Crippen LogP contribution in [0.4, 0.5) is 11.4 Å². The van der Waals surface area contributed by atoms with Crippen molar-refractivity contribution < 1.29 is 14.5 Å². The number of nitrogens with one attached hydrogen (secondary N) is 1. The fourth-order valence-electron chi connectivity index (χ4n) is 2.98. The van der Waals surface area contributed by atoms with Crippen LogP contribution in [0.3, 0.4) is 0 Å². The van der Waals surface area contributed by atoms with Crippen LogP contribution in [-0.4, -0.2) is 31.3 Å². The van der Waals surface area contributed by atoms with E-state index in [2.05, 4.69) is 15.5 Å². The van der Waals surface area contributed by atoms with Crippen LogP contribution < -0.4 is 10.1 Å². The molecule has 0 bridgehead atoms. The van der Waals surface area contributed by atoms with Crippen molar-refractivity contribution in [2.45, 2.75) is 32.5 Å². The molecule has 0 saturated heterocycles. The van der Waals surface area contributed by atoms with E-state index in [-0.39, 0.29) is 24.0 Å². The maximum atomic E-state index is 12.3. The zero-order valence-corrected chi connectivity index (χ0v) is 18.5. The highest BCUT2D eigenvalue weighted by Crippen LogP contribution is 2.24. The van der Waals surface area contributed by atoms with Crippen LogP contribution in [0.25, 0.3) is 0 Å². The third kappa shape index (κ3) is 5.40. The molecule has 0 aliphatic heterocycles. The number of ether oxygens (including phenoxy) is 1. The predicted octanol–water partition coefficient (Wildman–Crippen LogP) is 3.96. The number of thioether (sulfide) groups is 1. The summed E-state index contributed by atoms with van der Waals surface area (Å²) >= 11 is 1.25. The summed E-state index contributed by atoms with van der Waals surface area (Å²) in [6.07, 6.45) is 0. The van der Waals surface area contributed by atoms with Crippen LogP contribution in [0.15, 0.2) is 41.6 Å². The highest BCUT2D eigenvalue weighted by Gasteiger charge is 2.14. The van der Waals surface area contributed by atoms with Gasteiger partial charge in [-0.1, -0.05) is 30.0 Å². The monoisotopic (exact) mass is 441 g/mol. The number of hydrogen-bond donors (Lipinski definition) is 1. The van der Waals surface area contributed by atoms with Crippen LogP contribution in [0.1, 0.15) is 22.5 Å². The molecule has 1 aromatic heterocycles. The van der Waals surface area contributed by atoms with Gasteiger partial charge in [-0.05, 0) is 43.5 Å². The Morgan fingerprint density at radius 1 is 1.16 bits per heavy atom. The molecule has 3 rings (SSSR count). The Bertz CT molecular complexity index is 1110. The van der Waals surface area contributed by atoms with Gasteiger partial charge in [-0.2, -0.15) is 0 Å². The molecule has 1 heterocycles. The van der Waals surface area contributed by atoms with Gasteiger partial charge in [0.05, 0.1) is 10.7 Å². The van der Waals surface area contributed by atoms with Crippen LogP contribution in [-0.2, 0) is 18.4 Å². The van der Waals surface area contributed by atoms with Crippen LogP contribution in [0.2, 0.25) is 0 Å². The van der Waals surface area contributed by atoms with Gasteiger partial charge in [0.25, 0.3) is 5.69 Å². The Morgan fingerprint density at radius 2 is 1.87 bits per heavy atom. The first-order valence-electron chi connectivity index (χ1n) is 9.51. The molecule has 10 heteroatoms. The lowest BCUT2D eigenvalue weighted by molar-refractivity contribution is -0.384. The quantitative estimate of drug-likeness (QED) is 0.320. The number of aryl methyl sites for hydroxylation is 3. The van der Waals surface area contributed by atoms with E-state index in [1.807, 2.05) is 39.1 Å². The molecule has 0 spiro atoms. The second-order valence-corrected chi connectivity index (χ2v) is 8.00. The lowest BCUT2D eigenvalue weighted by Crippen LogP contribution is -2.15. The number of para-hydroxylation sites is 1. The number of amides is 1. The first-order valence-corrected chi connectivity index (χ1v) is 10.5. The summed E-state index contributed by atoms with van der Waals surface area (Å²) in [6, 6.07) is 10.3. The van der Waals surface area contributed by atoms with Crippen LogP contribution in [0.5, 0.6) is 5.75 Å². The van der Waals surface area contributed by atoms with Crippen molar-refractivity contribution in [1.29, 1.82) is 0 Å². The molecule has 0 fully saturated rings. The third-order valence-electron chi connectivity index (χ3n) is 4.71. The summed E-state index contributed by atoms with van der Waals surface area (Å²) in [7, 11) is 1.82. The Hall–Kier alpha value is -3.40. The first-order chi connectivity index (χ1) is 14.8. The van der Waals surface area contributed by atoms with E-state index < -0.39 is 4.92 Å². The summed E-state index contributed by atoms with van der Waals surface area (Å²) in [5.41, 5.74) is 3.25. The van der Waals surface area contributed by atoms with Gasteiger partial charge in [-0.25, -0.2) is 0 Å². The highest BCUT2D eigenvalue weighted by atomic mass is 32.2. The largest absolute Gasteiger partial charge is 0.485 e. The molecule has 0 saturated carbocycles. The van der Waals surface area contributed by atoms with E-state index in [1.54, 1.807) is 11.5 Å². The Kier molecular flexibility index (Phi) is 6.91. The van der Waals surface area contributed by atoms with Crippen molar-refractivity contribution in [2.75, 3.05) is 11.1 Å². The molecule has 162 valence electrons. The molecule has 3 aromatic rings. The van der Waals surface area contributed by atoms with E-state index >= 15 is 0 Å². The number of carbonyl (C=O) groups is 1. The van der Waals surface area contributed by atoms with Gasteiger partial charge in [0.1, 0.15) is 12.4 Å². The lowest BCUT2D eigenvalue weighted by Gasteiger charge is -2.11. The minimum absolute atomic E-state index is 0.0143. The van der Waals surface area contributed by atoms with Crippen LogP contribution >= 0.6 is 11.8 Å². The molecular formula is C21H23N5O4S. The number of non-ortho nitro benzene ring substituents is 1. The number of nitro benzene ring substituents is 1. The van der Waals surface area contributed by atoms with E-state index in [0.29, 0.717) is 22.2 Å². The van der Waals surface area contributed by atoms with Gasteiger partial charge in [-0.3, -0.25) is 14.9 Å². The molecule has 1 amide bonds. The average Bonchev–Trinajstić information content (AvgIpc) is 3.07. The van der Waals surface area contributed by atoms with Gasteiger partial charge < -0.3 is 14.6 Å². The fraction of sp³-hybridized carbons (Fsp3) is 0.286. The van der Waals surface area contributed by atoms with E-state index in [1.165, 1.54) is 30.0 Å². The standard InChI is InChI=1S/C21H23N5O4S/c1-13-6-5-7-14(2)20(13)30-11-18-23-24-21(25(18)4)31-12-19(27)22-17-9-8-16(26(28)29)10-15(17)3/h5-10H,11-12H2,1-4H3,(H,22,27). The second kappa shape index (κ2) is 9.61. The number of rotatable bonds is 8. The Labute approximate surface area is 184 Å². The highest BCUT2D eigenvalue weighted by molar-refractivity contribution is 7.99. The number of nitrogens with zero attached hydrogens (tertiary/aromatic N) is 4. The topological polar surface area (TPSA) is 112 Å². The molecule has 1 N–H and O–H groups in total. The second-order valence-electron chi connectivity index (χ2n) is 7.06. The van der Waals surface area contributed by atoms with Gasteiger partial charge in [0.15, 0.2) is 11.0 Å². The zero-order valence-electron chi connectivity index (χ0n) is 17.7. The molecular weight excluding hydrogens is 418 g/mol. The minimum atomic E-state index is -0.468. The van der Waals surface area contributed by atoms with Crippen molar-refractivity contribution in [3.8, 4) is 5.75 Å². The summed E-state index contributed by atoms with van der Waals surface area (Å²) in [6.45, 7) is 5.96. The Morgan fingerprint density at radius 3 is 2.52 bits per heavy atom. The van der Waals surface area contributed by atoms with E-state index in [9.17, 15) is 14.9 Å². The smallest absolute Gasteiger partial charge is 0.269 e. The van der Waals surface area contributed by atoms with Crippen molar-refractivity contribution in [3.05, 3.63) is 69.0 Å². The summed E-state index contributed by atoms with van der Waals surface area (Å²) in [5.74, 6) is 1.37. The van der Waals surface area contributed by atoms with Crippen molar-refractivity contribution in [1.82, 2.24) is 14.8 Å². The molecule has 2 aromatic carbocycles. The number of benzene rings is 2. The molecule has 0 aliphatic carbocycles. The SMILES string of the molecule is Cc1cc([N+](=O)[O-])ccc1NC(=O)CSc1nnc(COc2c(C)cccc2C)n1C. The Balaban J connectivity index is 1.57. The number of hydrogen-bond acceptors (Lipinski definition) is 7. The number of nitro groups is 1. The molecule has 0 atom stereocenters. The fourth-order valence-corrected chi connectivity index (χ4v) is 3.71. The van der Waals surface area contributed by atoms with Crippen molar-refractivity contribution >= 4 is 29.0 Å². The molecule has 0 aliphatic rings. The maximum absolute atomic E-state index is 12.3. The number of carbonyl (C=O) groups excluding carboxylic acids is 1. The van der Waals surface area contributed by atoms with Gasteiger partial charge in [0, 0.05) is 24.9 Å². The minimum Gasteiger partial charge on any atom is -0.485 e. The first kappa shape index (κ1) is 22.3. The molecule has 9 nitrogen and oxygen atoms in total. The average molecular weight is 442 g/mol. The zero-order chi connectivity index (χ0) is 22.5. The lowest BCUT2D eigenvalue weighted by atomic mass is 10.1. The van der Waals surface area contributed by atoms with Crippen molar-refractivity contribution in [3.63, 3.8) is 0 Å². The number of aromatic nitrogens is 3. The van der Waals surface area contributed by atoms with E-state index in [4.69, 9.17) is 4.74 Å². The molecule has 0 radical (unpaired) electrons. The van der Waals surface area contributed by atoms with Gasteiger partial charge in [-0.15, -0.1) is 10.2 Å². The summed E-state index contributed by atoms with van der Waals surface area (Å²) in [5, 5.41) is 22.5. The predicted molar refractivity (Wildman–Crippen MR) is 118 cm³/mol.